The number of carbonyl (C=O) groups excluding carboxylic acids is 1. The molecule has 0 saturated carbocycles. The van der Waals surface area contributed by atoms with Gasteiger partial charge in [0.15, 0.2) is 17.5 Å². The zero-order valence-electron chi connectivity index (χ0n) is 11.2. The van der Waals surface area contributed by atoms with Gasteiger partial charge in [0.25, 0.3) is 5.91 Å². The van der Waals surface area contributed by atoms with E-state index in [0.717, 1.165) is 25.0 Å². The third-order valence-electron chi connectivity index (χ3n) is 3.45. The standard InChI is InChI=1S/C14H16F3NO2/c1-18(8-9-2-4-20-5-3-9)14(19)10-6-11(15)13(17)12(16)7-10/h6-7,9H,2-5,8H2,1H3. The van der Waals surface area contributed by atoms with Crippen LogP contribution in [-0.4, -0.2) is 37.6 Å². The van der Waals surface area contributed by atoms with Crippen LogP contribution in [0.3, 0.4) is 0 Å². The Kier molecular flexibility index (Phi) is 4.65. The molecule has 6 heteroatoms. The first kappa shape index (κ1) is 14.8. The average Bonchev–Trinajstić information content (AvgIpc) is 2.44. The van der Waals surface area contributed by atoms with Gasteiger partial charge in [-0.25, -0.2) is 13.2 Å². The number of amides is 1. The fraction of sp³-hybridized carbons (Fsp3) is 0.500. The van der Waals surface area contributed by atoms with E-state index in [-0.39, 0.29) is 5.56 Å². The van der Waals surface area contributed by atoms with E-state index < -0.39 is 23.4 Å². The molecule has 0 aromatic heterocycles. The Labute approximate surface area is 115 Å². The van der Waals surface area contributed by atoms with Crippen molar-refractivity contribution in [3.8, 4) is 0 Å². The van der Waals surface area contributed by atoms with Gasteiger partial charge in [0.2, 0.25) is 0 Å². The van der Waals surface area contributed by atoms with Crippen molar-refractivity contribution in [2.75, 3.05) is 26.8 Å². The Morgan fingerprint density at radius 1 is 1.25 bits per heavy atom. The molecule has 1 amide bonds. The van der Waals surface area contributed by atoms with Crippen LogP contribution in [0.1, 0.15) is 23.2 Å². The van der Waals surface area contributed by atoms with Gasteiger partial charge in [0, 0.05) is 32.4 Å². The van der Waals surface area contributed by atoms with Gasteiger partial charge in [-0.05, 0) is 30.9 Å². The second-order valence-corrected chi connectivity index (χ2v) is 5.00. The summed E-state index contributed by atoms with van der Waals surface area (Å²) in [7, 11) is 1.57. The van der Waals surface area contributed by atoms with E-state index in [1.807, 2.05) is 0 Å². The molecule has 0 radical (unpaired) electrons. The first-order valence-electron chi connectivity index (χ1n) is 6.46. The van der Waals surface area contributed by atoms with Gasteiger partial charge in [-0.3, -0.25) is 4.79 Å². The third kappa shape index (κ3) is 3.30. The molecule has 1 fully saturated rings. The van der Waals surface area contributed by atoms with Crippen LogP contribution in [0.5, 0.6) is 0 Å². The van der Waals surface area contributed by atoms with Crippen LogP contribution in [0.25, 0.3) is 0 Å². The molecule has 0 unspecified atom stereocenters. The molecular formula is C14H16F3NO2. The van der Waals surface area contributed by atoms with E-state index in [4.69, 9.17) is 4.74 Å². The van der Waals surface area contributed by atoms with Crippen molar-refractivity contribution in [1.29, 1.82) is 0 Å². The molecule has 0 atom stereocenters. The van der Waals surface area contributed by atoms with E-state index >= 15 is 0 Å². The number of hydrogen-bond acceptors (Lipinski definition) is 2. The largest absolute Gasteiger partial charge is 0.381 e. The first-order chi connectivity index (χ1) is 9.49. The minimum Gasteiger partial charge on any atom is -0.381 e. The highest BCUT2D eigenvalue weighted by Gasteiger charge is 2.21. The van der Waals surface area contributed by atoms with Crippen LogP contribution in [-0.2, 0) is 4.74 Å². The first-order valence-corrected chi connectivity index (χ1v) is 6.46. The van der Waals surface area contributed by atoms with E-state index in [2.05, 4.69) is 0 Å². The molecule has 3 nitrogen and oxygen atoms in total. The highest BCUT2D eigenvalue weighted by Crippen LogP contribution is 2.18. The Balaban J connectivity index is 2.06. The van der Waals surface area contributed by atoms with E-state index in [1.54, 1.807) is 7.05 Å². The molecule has 1 aliphatic rings. The number of benzene rings is 1. The normalized spacial score (nSPS) is 16.2. The summed E-state index contributed by atoms with van der Waals surface area (Å²) in [5.74, 6) is -4.48. The maximum absolute atomic E-state index is 13.1. The lowest BCUT2D eigenvalue weighted by atomic mass is 9.99. The Bertz CT molecular complexity index is 478. The highest BCUT2D eigenvalue weighted by molar-refractivity contribution is 5.94. The quantitative estimate of drug-likeness (QED) is 0.800. The van der Waals surface area contributed by atoms with Crippen molar-refractivity contribution < 1.29 is 22.7 Å². The fourth-order valence-electron chi connectivity index (χ4n) is 2.30. The smallest absolute Gasteiger partial charge is 0.253 e. The zero-order valence-corrected chi connectivity index (χ0v) is 11.2. The van der Waals surface area contributed by atoms with E-state index in [1.165, 1.54) is 4.90 Å². The van der Waals surface area contributed by atoms with Crippen molar-refractivity contribution in [2.45, 2.75) is 12.8 Å². The van der Waals surface area contributed by atoms with E-state index in [0.29, 0.717) is 25.7 Å². The molecule has 2 rings (SSSR count). The molecule has 0 aliphatic carbocycles. The second-order valence-electron chi connectivity index (χ2n) is 5.00. The minimum absolute atomic E-state index is 0.184. The molecule has 110 valence electrons. The Hall–Kier alpha value is -1.56. The maximum Gasteiger partial charge on any atom is 0.253 e. The van der Waals surface area contributed by atoms with E-state index in [9.17, 15) is 18.0 Å². The Morgan fingerprint density at radius 2 is 1.80 bits per heavy atom. The summed E-state index contributed by atoms with van der Waals surface area (Å²) in [6, 6.07) is 1.45. The number of hydrogen-bond donors (Lipinski definition) is 0. The maximum atomic E-state index is 13.1. The monoisotopic (exact) mass is 287 g/mol. The van der Waals surface area contributed by atoms with Gasteiger partial charge >= 0.3 is 0 Å². The van der Waals surface area contributed by atoms with Gasteiger partial charge in [0.05, 0.1) is 0 Å². The van der Waals surface area contributed by atoms with Crippen LogP contribution in [0.4, 0.5) is 13.2 Å². The van der Waals surface area contributed by atoms with Gasteiger partial charge in [-0.1, -0.05) is 0 Å². The topological polar surface area (TPSA) is 29.5 Å². The molecule has 1 aromatic rings. The fourth-order valence-corrected chi connectivity index (χ4v) is 2.30. The van der Waals surface area contributed by atoms with Crippen molar-refractivity contribution >= 4 is 5.91 Å². The summed E-state index contributed by atoms with van der Waals surface area (Å²) in [5, 5.41) is 0. The third-order valence-corrected chi connectivity index (χ3v) is 3.45. The van der Waals surface area contributed by atoms with Crippen LogP contribution < -0.4 is 0 Å². The minimum atomic E-state index is -1.56. The summed E-state index contributed by atoms with van der Waals surface area (Å²) in [6.45, 7) is 1.81. The number of ether oxygens (including phenoxy) is 1. The van der Waals surface area contributed by atoms with Crippen molar-refractivity contribution in [3.63, 3.8) is 0 Å². The van der Waals surface area contributed by atoms with Crippen LogP contribution in [0.15, 0.2) is 12.1 Å². The summed E-state index contributed by atoms with van der Waals surface area (Å²) in [5.41, 5.74) is -0.184. The summed E-state index contributed by atoms with van der Waals surface area (Å²) in [4.78, 5) is 13.5. The van der Waals surface area contributed by atoms with Crippen LogP contribution in [0.2, 0.25) is 0 Å². The predicted molar refractivity (Wildman–Crippen MR) is 66.8 cm³/mol. The molecule has 0 bridgehead atoms. The number of nitrogens with zero attached hydrogens (tertiary/aromatic N) is 1. The molecule has 1 aromatic carbocycles. The SMILES string of the molecule is CN(CC1CCOCC1)C(=O)c1cc(F)c(F)c(F)c1. The lowest BCUT2D eigenvalue weighted by molar-refractivity contribution is 0.0497. The predicted octanol–water partition coefficient (Wildman–Crippen LogP) is 2.60. The molecule has 0 spiro atoms. The second kappa shape index (κ2) is 6.26. The highest BCUT2D eigenvalue weighted by atomic mass is 19.2. The number of carbonyl (C=O) groups is 1. The van der Waals surface area contributed by atoms with Crippen LogP contribution >= 0.6 is 0 Å². The molecule has 1 saturated heterocycles. The van der Waals surface area contributed by atoms with Gasteiger partial charge in [0.1, 0.15) is 0 Å². The van der Waals surface area contributed by atoms with Crippen molar-refractivity contribution in [2.24, 2.45) is 5.92 Å². The number of rotatable bonds is 3. The lowest BCUT2D eigenvalue weighted by Crippen LogP contribution is -2.34. The van der Waals surface area contributed by atoms with Gasteiger partial charge in [-0.2, -0.15) is 0 Å². The molecule has 0 N–H and O–H groups in total. The van der Waals surface area contributed by atoms with Crippen molar-refractivity contribution in [3.05, 3.63) is 35.1 Å². The number of halogens is 3. The molecule has 1 heterocycles. The molecule has 20 heavy (non-hydrogen) atoms. The molecule has 1 aliphatic heterocycles. The zero-order chi connectivity index (χ0) is 14.7. The summed E-state index contributed by atoms with van der Waals surface area (Å²) in [6.07, 6.45) is 1.70. The molecular weight excluding hydrogens is 271 g/mol. The van der Waals surface area contributed by atoms with Crippen LogP contribution in [0, 0.1) is 23.4 Å². The average molecular weight is 287 g/mol. The summed E-state index contributed by atoms with van der Waals surface area (Å²) >= 11 is 0. The van der Waals surface area contributed by atoms with Gasteiger partial charge < -0.3 is 9.64 Å². The lowest BCUT2D eigenvalue weighted by Gasteiger charge is -2.27. The van der Waals surface area contributed by atoms with Gasteiger partial charge in [-0.15, -0.1) is 0 Å². The summed E-state index contributed by atoms with van der Waals surface area (Å²) < 4.78 is 44.3. The Morgan fingerprint density at radius 3 is 2.35 bits per heavy atom. The van der Waals surface area contributed by atoms with Crippen molar-refractivity contribution in [1.82, 2.24) is 4.90 Å².